The number of rotatable bonds is 3. The predicted molar refractivity (Wildman–Crippen MR) is 217 cm³/mol. The average molecular weight is 662 g/mol. The van der Waals surface area contributed by atoms with Crippen LogP contribution in [0.1, 0.15) is 47.2 Å². The molecule has 0 bridgehead atoms. The predicted octanol–water partition coefficient (Wildman–Crippen LogP) is 12.9. The van der Waals surface area contributed by atoms with Crippen molar-refractivity contribution in [3.8, 4) is 33.5 Å². The van der Waals surface area contributed by atoms with Crippen LogP contribution in [0.4, 0.5) is 0 Å². The molecule has 2 aliphatic rings. The van der Waals surface area contributed by atoms with Crippen molar-refractivity contribution in [2.45, 2.75) is 24.7 Å². The molecule has 0 aliphatic heterocycles. The summed E-state index contributed by atoms with van der Waals surface area (Å²) in [5.41, 5.74) is 14.9. The first-order chi connectivity index (χ1) is 25.5. The average Bonchev–Trinajstić information content (AvgIpc) is 3.61. The second kappa shape index (κ2) is 10.6. The Balaban J connectivity index is 1.28. The molecule has 0 fully saturated rings. The van der Waals surface area contributed by atoms with E-state index in [1.165, 1.54) is 93.5 Å². The minimum atomic E-state index is -0.453. The highest BCUT2D eigenvalue weighted by molar-refractivity contribution is 6.15. The van der Waals surface area contributed by atoms with Crippen LogP contribution >= 0.6 is 0 Å². The Morgan fingerprint density at radius 2 is 0.962 bits per heavy atom. The van der Waals surface area contributed by atoms with Gasteiger partial charge in [-0.1, -0.05) is 147 Å². The van der Waals surface area contributed by atoms with Crippen molar-refractivity contribution in [2.24, 2.45) is 0 Å². The summed E-state index contributed by atoms with van der Waals surface area (Å²) < 4.78 is 0. The zero-order valence-electron chi connectivity index (χ0n) is 29.2. The third-order valence-electron chi connectivity index (χ3n) is 12.1. The maximum Gasteiger partial charge on any atom is 0.0786 e. The number of aromatic nitrogens is 1. The molecule has 0 saturated carbocycles. The van der Waals surface area contributed by atoms with Crippen LogP contribution in [0.2, 0.25) is 0 Å². The van der Waals surface area contributed by atoms with Crippen LogP contribution in [0.15, 0.2) is 176 Å². The highest BCUT2D eigenvalue weighted by Gasteiger charge is 2.48. The van der Waals surface area contributed by atoms with Crippen LogP contribution in [-0.4, -0.2) is 4.98 Å². The number of benzene rings is 8. The number of hydrogen-bond donors (Lipinski definition) is 0. The van der Waals surface area contributed by atoms with Crippen molar-refractivity contribution in [1.82, 2.24) is 4.98 Å². The lowest BCUT2D eigenvalue weighted by atomic mass is 9.67. The van der Waals surface area contributed by atoms with Crippen LogP contribution in [0.5, 0.6) is 0 Å². The van der Waals surface area contributed by atoms with Gasteiger partial charge in [-0.15, -0.1) is 0 Å². The van der Waals surface area contributed by atoms with Gasteiger partial charge >= 0.3 is 0 Å². The van der Waals surface area contributed by atoms with Gasteiger partial charge in [0.05, 0.1) is 11.1 Å². The van der Waals surface area contributed by atoms with Crippen LogP contribution in [0, 0.1) is 0 Å². The Morgan fingerprint density at radius 3 is 1.69 bits per heavy atom. The van der Waals surface area contributed by atoms with Gasteiger partial charge in [-0.25, -0.2) is 0 Å². The van der Waals surface area contributed by atoms with Crippen molar-refractivity contribution in [1.29, 1.82) is 0 Å². The van der Waals surface area contributed by atoms with E-state index < -0.39 is 5.41 Å². The molecule has 0 saturated heterocycles. The summed E-state index contributed by atoms with van der Waals surface area (Å²) >= 11 is 0. The van der Waals surface area contributed by atoms with E-state index in [1.54, 1.807) is 0 Å². The lowest BCUT2D eigenvalue weighted by Crippen LogP contribution is -2.28. The molecule has 1 heterocycles. The summed E-state index contributed by atoms with van der Waals surface area (Å²) in [5, 5.41) is 7.41. The van der Waals surface area contributed by atoms with E-state index in [1.807, 2.05) is 6.20 Å². The summed E-state index contributed by atoms with van der Waals surface area (Å²) in [6, 6.07) is 63.3. The summed E-state index contributed by atoms with van der Waals surface area (Å²) in [6.07, 6.45) is 1.96. The van der Waals surface area contributed by atoms with Crippen molar-refractivity contribution >= 4 is 32.3 Å². The van der Waals surface area contributed by atoms with Crippen molar-refractivity contribution in [2.75, 3.05) is 0 Å². The Kier molecular flexibility index (Phi) is 6.00. The van der Waals surface area contributed by atoms with Crippen molar-refractivity contribution in [3.05, 3.63) is 209 Å². The fourth-order valence-corrected chi connectivity index (χ4v) is 9.78. The van der Waals surface area contributed by atoms with Gasteiger partial charge in [0, 0.05) is 22.6 Å². The van der Waals surface area contributed by atoms with Gasteiger partial charge < -0.3 is 0 Å². The van der Waals surface area contributed by atoms with Crippen molar-refractivity contribution in [3.63, 3.8) is 0 Å². The highest BCUT2D eigenvalue weighted by atomic mass is 14.7. The fraction of sp³-hybridized carbons (Fsp3) is 0.0784. The summed E-state index contributed by atoms with van der Waals surface area (Å²) in [5.74, 6) is 0. The summed E-state index contributed by atoms with van der Waals surface area (Å²) in [7, 11) is 0. The van der Waals surface area contributed by atoms with Gasteiger partial charge in [-0.3, -0.25) is 4.98 Å². The molecule has 0 radical (unpaired) electrons. The molecule has 2 aliphatic carbocycles. The van der Waals surface area contributed by atoms with E-state index in [0.29, 0.717) is 0 Å². The molecule has 1 heteroatoms. The lowest BCUT2D eigenvalue weighted by molar-refractivity contribution is 0.660. The van der Waals surface area contributed by atoms with Gasteiger partial charge in [0.15, 0.2) is 0 Å². The molecule has 1 nitrogen and oxygen atoms in total. The zero-order chi connectivity index (χ0) is 34.6. The molecule has 244 valence electrons. The number of nitrogens with zero attached hydrogens (tertiary/aromatic N) is 1. The molecule has 9 aromatic rings. The molecule has 52 heavy (non-hydrogen) atoms. The fourth-order valence-electron chi connectivity index (χ4n) is 9.78. The molecule has 11 rings (SSSR count). The van der Waals surface area contributed by atoms with E-state index in [-0.39, 0.29) is 5.41 Å². The Morgan fingerprint density at radius 1 is 0.385 bits per heavy atom. The minimum absolute atomic E-state index is 0.238. The van der Waals surface area contributed by atoms with Gasteiger partial charge in [0.2, 0.25) is 0 Å². The summed E-state index contributed by atoms with van der Waals surface area (Å²) in [4.78, 5) is 5.09. The number of pyridine rings is 1. The van der Waals surface area contributed by atoms with Crippen LogP contribution in [-0.2, 0) is 10.8 Å². The quantitative estimate of drug-likeness (QED) is 0.172. The van der Waals surface area contributed by atoms with E-state index in [0.717, 1.165) is 5.69 Å². The maximum atomic E-state index is 5.09. The molecular weight excluding hydrogens is 627 g/mol. The van der Waals surface area contributed by atoms with E-state index in [2.05, 4.69) is 184 Å². The molecule has 1 aromatic heterocycles. The van der Waals surface area contributed by atoms with Gasteiger partial charge in [-0.05, 0) is 119 Å². The van der Waals surface area contributed by atoms with Crippen LogP contribution in [0.3, 0.4) is 0 Å². The molecule has 0 amide bonds. The van der Waals surface area contributed by atoms with E-state index >= 15 is 0 Å². The molecule has 0 atom stereocenters. The van der Waals surface area contributed by atoms with Gasteiger partial charge in [0.25, 0.3) is 0 Å². The number of fused-ring (bicyclic) bond motifs is 10. The first-order valence-corrected chi connectivity index (χ1v) is 18.3. The first-order valence-electron chi connectivity index (χ1n) is 18.3. The molecule has 0 unspecified atom stereocenters. The Bertz CT molecular complexity index is 2870. The molecular formula is C51H35N. The largest absolute Gasteiger partial charge is 0.256 e. The smallest absolute Gasteiger partial charge is 0.0786 e. The van der Waals surface area contributed by atoms with Gasteiger partial charge in [-0.2, -0.15) is 0 Å². The van der Waals surface area contributed by atoms with Crippen molar-refractivity contribution < 1.29 is 0 Å². The first kappa shape index (κ1) is 29.4. The summed E-state index contributed by atoms with van der Waals surface area (Å²) in [6.45, 7) is 4.83. The van der Waals surface area contributed by atoms with Crippen LogP contribution in [0.25, 0.3) is 65.8 Å². The second-order valence-electron chi connectivity index (χ2n) is 15.1. The second-order valence-corrected chi connectivity index (χ2v) is 15.1. The van der Waals surface area contributed by atoms with Gasteiger partial charge in [0.1, 0.15) is 0 Å². The lowest BCUT2D eigenvalue weighted by Gasteiger charge is -2.34. The Labute approximate surface area is 303 Å². The third-order valence-corrected chi connectivity index (χ3v) is 12.1. The zero-order valence-corrected chi connectivity index (χ0v) is 29.2. The molecule has 0 spiro atoms. The number of hydrogen-bond acceptors (Lipinski definition) is 1. The Hall–Kier alpha value is -6.31. The normalized spacial score (nSPS) is 14.7. The maximum absolute atomic E-state index is 5.09. The van der Waals surface area contributed by atoms with Crippen LogP contribution < -0.4 is 0 Å². The standard InChI is InChI=1S/C51H35N/c1-50(2)45-29-40-38-23-13-14-24-44(38)51(35-18-5-3-6-19-35,36-20-7-4-8-21-36)46(40)31-43(45)48-41-28-34-17-10-9-16-33(34)27-39(41)42(30-47(48)50)49-37-22-12-11-15-32(37)25-26-52-49/h3-31H,1-2H3. The molecule has 8 aromatic carbocycles. The highest BCUT2D eigenvalue weighted by Crippen LogP contribution is 2.61. The minimum Gasteiger partial charge on any atom is -0.256 e. The molecule has 0 N–H and O–H groups in total. The SMILES string of the molecule is CC1(C)c2cc3c(cc2-c2c1cc(-c1nccc4ccccc14)c1cc4ccccc4cc21)C(c1ccccc1)(c1ccccc1)c1ccccc1-3. The van der Waals surface area contributed by atoms with E-state index in [9.17, 15) is 0 Å². The third kappa shape index (κ3) is 3.80. The van der Waals surface area contributed by atoms with E-state index in [4.69, 9.17) is 4.98 Å². The topological polar surface area (TPSA) is 12.9 Å². The monoisotopic (exact) mass is 661 g/mol.